The molecule has 2 aliphatic rings. The predicted octanol–water partition coefficient (Wildman–Crippen LogP) is 3.68. The molecule has 2 bridgehead atoms. The van der Waals surface area contributed by atoms with Crippen LogP contribution in [0.25, 0.3) is 0 Å². The van der Waals surface area contributed by atoms with Crippen molar-refractivity contribution in [2.24, 2.45) is 17.3 Å². The van der Waals surface area contributed by atoms with Crippen LogP contribution in [-0.4, -0.2) is 34.1 Å². The first-order valence-corrected chi connectivity index (χ1v) is 7.09. The Morgan fingerprint density at radius 3 is 2.17 bits per heavy atom. The van der Waals surface area contributed by atoms with Gasteiger partial charge in [-0.15, -0.1) is 0 Å². The lowest BCUT2D eigenvalue weighted by molar-refractivity contribution is -0.373. The number of hydrogen-bond acceptors (Lipinski definition) is 2. The van der Waals surface area contributed by atoms with Gasteiger partial charge in [-0.05, 0) is 49.4 Å². The Kier molecular flexibility index (Phi) is 4.24. The SMILES string of the molecule is O=C(O)C=CC12CCC(CC1CC(O)(C(F)(F)F)C(F)(F)F)C2. The van der Waals surface area contributed by atoms with Crippen LogP contribution in [0.2, 0.25) is 0 Å². The number of aliphatic hydroxyl groups is 1. The van der Waals surface area contributed by atoms with Crippen LogP contribution < -0.4 is 0 Å². The molecule has 3 unspecified atom stereocenters. The van der Waals surface area contributed by atoms with Crippen molar-refractivity contribution in [1.29, 1.82) is 0 Å². The monoisotopic (exact) mass is 346 g/mol. The van der Waals surface area contributed by atoms with Crippen molar-refractivity contribution in [3.8, 4) is 0 Å². The Hall–Kier alpha value is -1.25. The molecule has 0 radical (unpaired) electrons. The Morgan fingerprint density at radius 1 is 1.17 bits per heavy atom. The van der Waals surface area contributed by atoms with Gasteiger partial charge in [0, 0.05) is 6.08 Å². The van der Waals surface area contributed by atoms with E-state index in [4.69, 9.17) is 5.11 Å². The van der Waals surface area contributed by atoms with Gasteiger partial charge >= 0.3 is 18.3 Å². The molecule has 2 rings (SSSR count). The maximum atomic E-state index is 12.9. The number of halogens is 6. The normalized spacial score (nSPS) is 32.0. The molecule has 2 saturated carbocycles. The number of carboxylic acid groups (broad SMARTS) is 1. The third-order valence-corrected chi connectivity index (χ3v) is 5.16. The highest BCUT2D eigenvalue weighted by Gasteiger charge is 2.72. The molecule has 9 heteroatoms. The minimum atomic E-state index is -5.84. The number of allylic oxidation sites excluding steroid dienone is 1. The van der Waals surface area contributed by atoms with E-state index in [1.807, 2.05) is 0 Å². The summed E-state index contributed by atoms with van der Waals surface area (Å²) in [6.07, 6.45) is -9.77. The second-order valence-electron chi connectivity index (χ2n) is 6.51. The predicted molar refractivity (Wildman–Crippen MR) is 66.3 cm³/mol. The summed E-state index contributed by atoms with van der Waals surface area (Å²) >= 11 is 0. The van der Waals surface area contributed by atoms with E-state index in [0.29, 0.717) is 19.3 Å². The topological polar surface area (TPSA) is 57.5 Å². The van der Waals surface area contributed by atoms with Crippen molar-refractivity contribution in [3.63, 3.8) is 0 Å². The van der Waals surface area contributed by atoms with Gasteiger partial charge in [-0.3, -0.25) is 0 Å². The summed E-state index contributed by atoms with van der Waals surface area (Å²) in [5, 5.41) is 18.1. The number of aliphatic carboxylic acids is 1. The molecule has 0 aromatic rings. The lowest BCUT2D eigenvalue weighted by Crippen LogP contribution is -2.58. The average molecular weight is 346 g/mol. The fourth-order valence-corrected chi connectivity index (χ4v) is 3.98. The second-order valence-corrected chi connectivity index (χ2v) is 6.51. The Balaban J connectivity index is 2.32. The van der Waals surface area contributed by atoms with Gasteiger partial charge in [0.15, 0.2) is 0 Å². The first-order chi connectivity index (χ1) is 10.3. The Labute approximate surface area is 128 Å². The Morgan fingerprint density at radius 2 is 1.74 bits per heavy atom. The molecule has 23 heavy (non-hydrogen) atoms. The standard InChI is InChI=1S/C14H16F6O3/c15-13(16,17)12(23,14(18,19)20)7-9-5-8-1-3-11(9,6-8)4-2-10(21)22/h2,4,8-9,23H,1,3,5-7H2,(H,21,22). The highest BCUT2D eigenvalue weighted by atomic mass is 19.4. The van der Waals surface area contributed by atoms with Crippen LogP contribution >= 0.6 is 0 Å². The zero-order valence-corrected chi connectivity index (χ0v) is 11.9. The number of hydrogen-bond donors (Lipinski definition) is 2. The summed E-state index contributed by atoms with van der Waals surface area (Å²) in [4.78, 5) is 10.6. The van der Waals surface area contributed by atoms with E-state index >= 15 is 0 Å². The van der Waals surface area contributed by atoms with Gasteiger partial charge < -0.3 is 10.2 Å². The molecule has 0 spiro atoms. The summed E-state index contributed by atoms with van der Waals surface area (Å²) < 4.78 is 77.1. The molecular formula is C14H16F6O3. The first kappa shape index (κ1) is 18.1. The van der Waals surface area contributed by atoms with Gasteiger partial charge in [-0.2, -0.15) is 26.3 Å². The maximum Gasteiger partial charge on any atom is 0.426 e. The number of carbonyl (C=O) groups is 1. The van der Waals surface area contributed by atoms with E-state index in [9.17, 15) is 36.2 Å². The summed E-state index contributed by atoms with van der Waals surface area (Å²) in [5.41, 5.74) is -5.80. The van der Waals surface area contributed by atoms with Crippen molar-refractivity contribution in [2.45, 2.75) is 50.1 Å². The fourth-order valence-electron chi connectivity index (χ4n) is 3.98. The maximum absolute atomic E-state index is 12.9. The van der Waals surface area contributed by atoms with Gasteiger partial charge in [0.2, 0.25) is 0 Å². The zero-order chi connectivity index (χ0) is 17.7. The van der Waals surface area contributed by atoms with Crippen molar-refractivity contribution >= 4 is 5.97 Å². The molecule has 2 fully saturated rings. The second kappa shape index (κ2) is 5.39. The van der Waals surface area contributed by atoms with E-state index in [2.05, 4.69) is 0 Å². The van der Waals surface area contributed by atoms with Crippen LogP contribution in [0.15, 0.2) is 12.2 Å². The zero-order valence-electron chi connectivity index (χ0n) is 11.9. The van der Waals surface area contributed by atoms with Crippen molar-refractivity contribution in [2.75, 3.05) is 0 Å². The van der Waals surface area contributed by atoms with Crippen molar-refractivity contribution < 1.29 is 41.4 Å². The molecular weight excluding hydrogens is 330 g/mol. The molecule has 2 aliphatic carbocycles. The minimum Gasteiger partial charge on any atom is -0.478 e. The van der Waals surface area contributed by atoms with Crippen LogP contribution in [-0.2, 0) is 4.79 Å². The highest BCUT2D eigenvalue weighted by molar-refractivity contribution is 5.79. The van der Waals surface area contributed by atoms with Crippen LogP contribution in [0, 0.1) is 17.3 Å². The quantitative estimate of drug-likeness (QED) is 0.603. The summed E-state index contributed by atoms with van der Waals surface area (Å²) in [6, 6.07) is 0. The van der Waals surface area contributed by atoms with Gasteiger partial charge in [-0.25, -0.2) is 4.79 Å². The lowest BCUT2D eigenvalue weighted by Gasteiger charge is -2.40. The highest BCUT2D eigenvalue weighted by Crippen LogP contribution is 2.62. The van der Waals surface area contributed by atoms with Gasteiger partial charge in [0.25, 0.3) is 5.60 Å². The molecule has 3 nitrogen and oxygen atoms in total. The number of fused-ring (bicyclic) bond motifs is 2. The van der Waals surface area contributed by atoms with Gasteiger partial charge in [0.1, 0.15) is 0 Å². The average Bonchev–Trinajstić information content (AvgIpc) is 2.91. The van der Waals surface area contributed by atoms with Gasteiger partial charge in [0.05, 0.1) is 0 Å². The molecule has 0 aliphatic heterocycles. The smallest absolute Gasteiger partial charge is 0.426 e. The first-order valence-electron chi connectivity index (χ1n) is 7.09. The summed E-state index contributed by atoms with van der Waals surface area (Å²) in [6.45, 7) is 0. The third kappa shape index (κ3) is 3.07. The van der Waals surface area contributed by atoms with E-state index in [0.717, 1.165) is 6.08 Å². The van der Waals surface area contributed by atoms with E-state index in [1.54, 1.807) is 0 Å². The third-order valence-electron chi connectivity index (χ3n) is 5.16. The molecule has 0 saturated heterocycles. The van der Waals surface area contributed by atoms with E-state index in [1.165, 1.54) is 6.08 Å². The largest absolute Gasteiger partial charge is 0.478 e. The molecule has 0 amide bonds. The van der Waals surface area contributed by atoms with E-state index < -0.39 is 41.7 Å². The van der Waals surface area contributed by atoms with Gasteiger partial charge in [-0.1, -0.05) is 6.08 Å². The molecule has 132 valence electrons. The van der Waals surface area contributed by atoms with Crippen LogP contribution in [0.1, 0.15) is 32.1 Å². The van der Waals surface area contributed by atoms with E-state index in [-0.39, 0.29) is 12.3 Å². The van der Waals surface area contributed by atoms with Crippen molar-refractivity contribution in [1.82, 2.24) is 0 Å². The van der Waals surface area contributed by atoms with Crippen LogP contribution in [0.4, 0.5) is 26.3 Å². The number of carboxylic acids is 1. The molecule has 2 N–H and O–H groups in total. The molecule has 0 aromatic carbocycles. The van der Waals surface area contributed by atoms with Crippen molar-refractivity contribution in [3.05, 3.63) is 12.2 Å². The lowest BCUT2D eigenvalue weighted by atomic mass is 9.69. The fraction of sp³-hybridized carbons (Fsp3) is 0.786. The molecule has 0 heterocycles. The summed E-state index contributed by atoms with van der Waals surface area (Å²) in [7, 11) is 0. The van der Waals surface area contributed by atoms with Crippen LogP contribution in [0.3, 0.4) is 0 Å². The molecule has 0 aromatic heterocycles. The Bertz CT molecular complexity index is 496. The molecule has 3 atom stereocenters. The van der Waals surface area contributed by atoms with Crippen LogP contribution in [0.5, 0.6) is 0 Å². The summed E-state index contributed by atoms with van der Waals surface area (Å²) in [5.74, 6) is -2.41. The minimum absolute atomic E-state index is 0.0378. The number of rotatable bonds is 4. The number of alkyl halides is 6.